The Morgan fingerprint density at radius 3 is 2.40 bits per heavy atom. The fraction of sp³-hybridized carbons (Fsp3) is 0.562. The molecule has 4 nitrogen and oxygen atoms in total. The molecule has 0 N–H and O–H groups in total. The van der Waals surface area contributed by atoms with E-state index in [1.165, 1.54) is 5.56 Å². The number of piperazine rings is 1. The van der Waals surface area contributed by atoms with Crippen LogP contribution in [0.2, 0.25) is 0 Å². The standard InChI is InChI=1S/C16H25N2O2/c1-3-18(14-15-8-6-5-7-9-15)12-10-17(11-13-18)16(19)20-4-2/h5-9H,3-4,10-14H2,1-2H3/q+1. The van der Waals surface area contributed by atoms with Crippen molar-refractivity contribution in [1.29, 1.82) is 0 Å². The molecule has 1 saturated heterocycles. The Balaban J connectivity index is 1.96. The second kappa shape index (κ2) is 6.75. The van der Waals surface area contributed by atoms with Crippen molar-refractivity contribution in [3.05, 3.63) is 35.9 Å². The van der Waals surface area contributed by atoms with Gasteiger partial charge in [-0.2, -0.15) is 0 Å². The molecule has 0 radical (unpaired) electrons. The first-order chi connectivity index (χ1) is 9.69. The van der Waals surface area contributed by atoms with E-state index < -0.39 is 0 Å². The van der Waals surface area contributed by atoms with Gasteiger partial charge in [0.15, 0.2) is 0 Å². The van der Waals surface area contributed by atoms with Crippen molar-refractivity contribution in [3.63, 3.8) is 0 Å². The summed E-state index contributed by atoms with van der Waals surface area (Å²) in [6.45, 7) is 10.3. The first-order valence-corrected chi connectivity index (χ1v) is 7.50. The highest BCUT2D eigenvalue weighted by molar-refractivity contribution is 5.67. The highest BCUT2D eigenvalue weighted by Crippen LogP contribution is 2.18. The van der Waals surface area contributed by atoms with E-state index in [0.29, 0.717) is 6.61 Å². The number of amides is 1. The molecule has 0 aliphatic carbocycles. The molecular weight excluding hydrogens is 252 g/mol. The number of nitrogens with zero attached hydrogens (tertiary/aromatic N) is 2. The maximum atomic E-state index is 11.8. The van der Waals surface area contributed by atoms with E-state index in [9.17, 15) is 4.79 Å². The van der Waals surface area contributed by atoms with E-state index in [4.69, 9.17) is 4.74 Å². The molecule has 0 saturated carbocycles. The second-order valence-electron chi connectivity index (χ2n) is 5.43. The minimum Gasteiger partial charge on any atom is -0.450 e. The molecule has 0 spiro atoms. The minimum absolute atomic E-state index is 0.166. The van der Waals surface area contributed by atoms with Crippen LogP contribution in [0.15, 0.2) is 30.3 Å². The zero-order valence-corrected chi connectivity index (χ0v) is 12.5. The zero-order valence-electron chi connectivity index (χ0n) is 12.5. The van der Waals surface area contributed by atoms with E-state index in [1.807, 2.05) is 11.8 Å². The number of likely N-dealkylation sites (N-methyl/N-ethyl adjacent to an activating group) is 1. The maximum absolute atomic E-state index is 11.8. The van der Waals surface area contributed by atoms with Crippen LogP contribution in [0, 0.1) is 0 Å². The lowest BCUT2D eigenvalue weighted by atomic mass is 10.1. The van der Waals surface area contributed by atoms with Gasteiger partial charge < -0.3 is 9.22 Å². The fourth-order valence-electron chi connectivity index (χ4n) is 2.84. The summed E-state index contributed by atoms with van der Waals surface area (Å²) in [7, 11) is 0. The first kappa shape index (κ1) is 14.9. The van der Waals surface area contributed by atoms with Crippen molar-refractivity contribution in [2.45, 2.75) is 20.4 Å². The van der Waals surface area contributed by atoms with E-state index in [-0.39, 0.29) is 6.09 Å². The van der Waals surface area contributed by atoms with E-state index in [1.54, 1.807) is 0 Å². The van der Waals surface area contributed by atoms with Crippen molar-refractivity contribution in [3.8, 4) is 0 Å². The van der Waals surface area contributed by atoms with Gasteiger partial charge in [-0.1, -0.05) is 30.3 Å². The predicted molar refractivity (Wildman–Crippen MR) is 79.3 cm³/mol. The Hall–Kier alpha value is -1.55. The summed E-state index contributed by atoms with van der Waals surface area (Å²) in [4.78, 5) is 13.6. The summed E-state index contributed by atoms with van der Waals surface area (Å²) >= 11 is 0. The van der Waals surface area contributed by atoms with Gasteiger partial charge >= 0.3 is 6.09 Å². The lowest BCUT2D eigenvalue weighted by molar-refractivity contribution is -0.942. The van der Waals surface area contributed by atoms with E-state index in [0.717, 1.165) is 43.8 Å². The van der Waals surface area contributed by atoms with Crippen LogP contribution in [-0.4, -0.2) is 54.8 Å². The summed E-state index contributed by atoms with van der Waals surface area (Å²) in [5.41, 5.74) is 1.37. The Kier molecular flexibility index (Phi) is 5.01. The Morgan fingerprint density at radius 1 is 1.20 bits per heavy atom. The number of carbonyl (C=O) groups excluding carboxylic acids is 1. The quantitative estimate of drug-likeness (QED) is 0.791. The molecule has 20 heavy (non-hydrogen) atoms. The third kappa shape index (κ3) is 3.51. The van der Waals surface area contributed by atoms with Gasteiger partial charge in [0, 0.05) is 5.56 Å². The van der Waals surface area contributed by atoms with Gasteiger partial charge in [0.05, 0.1) is 39.3 Å². The first-order valence-electron chi connectivity index (χ1n) is 7.50. The third-order valence-electron chi connectivity index (χ3n) is 4.25. The molecule has 1 aromatic carbocycles. The number of hydrogen-bond acceptors (Lipinski definition) is 2. The van der Waals surface area contributed by atoms with Crippen molar-refractivity contribution in [1.82, 2.24) is 4.90 Å². The second-order valence-corrected chi connectivity index (χ2v) is 5.43. The van der Waals surface area contributed by atoms with Gasteiger partial charge in [-0.05, 0) is 13.8 Å². The summed E-state index contributed by atoms with van der Waals surface area (Å²) in [5, 5.41) is 0. The largest absolute Gasteiger partial charge is 0.450 e. The Labute approximate surface area is 121 Å². The predicted octanol–water partition coefficient (Wildman–Crippen LogP) is 2.50. The van der Waals surface area contributed by atoms with Crippen molar-refractivity contribution in [2.75, 3.05) is 39.3 Å². The number of quaternary nitrogens is 1. The molecule has 4 heteroatoms. The molecule has 1 aliphatic heterocycles. The van der Waals surface area contributed by atoms with Crippen molar-refractivity contribution in [2.24, 2.45) is 0 Å². The summed E-state index contributed by atoms with van der Waals surface area (Å²) in [6.07, 6.45) is -0.166. The minimum atomic E-state index is -0.166. The molecule has 2 rings (SSSR count). The van der Waals surface area contributed by atoms with Crippen LogP contribution in [-0.2, 0) is 11.3 Å². The lowest BCUT2D eigenvalue weighted by Gasteiger charge is -2.44. The fourth-order valence-corrected chi connectivity index (χ4v) is 2.84. The normalized spacial score (nSPS) is 17.8. The average Bonchev–Trinajstić information content (AvgIpc) is 2.49. The van der Waals surface area contributed by atoms with E-state index >= 15 is 0 Å². The van der Waals surface area contributed by atoms with Crippen LogP contribution in [0.4, 0.5) is 4.79 Å². The molecule has 1 aromatic rings. The molecule has 110 valence electrons. The van der Waals surface area contributed by atoms with Crippen LogP contribution < -0.4 is 0 Å². The van der Waals surface area contributed by atoms with Crippen LogP contribution in [0.1, 0.15) is 19.4 Å². The van der Waals surface area contributed by atoms with Gasteiger partial charge in [0.25, 0.3) is 0 Å². The summed E-state index contributed by atoms with van der Waals surface area (Å²) in [5.74, 6) is 0. The van der Waals surface area contributed by atoms with Gasteiger partial charge in [-0.25, -0.2) is 4.79 Å². The van der Waals surface area contributed by atoms with E-state index in [2.05, 4.69) is 37.3 Å². The molecular formula is C16H25N2O2+. The molecule has 1 aliphatic rings. The van der Waals surface area contributed by atoms with Gasteiger partial charge in [0.1, 0.15) is 6.54 Å². The highest BCUT2D eigenvalue weighted by atomic mass is 16.6. The van der Waals surface area contributed by atoms with Crippen LogP contribution in [0.5, 0.6) is 0 Å². The van der Waals surface area contributed by atoms with Gasteiger partial charge in [0.2, 0.25) is 0 Å². The SMILES string of the molecule is CCOC(=O)N1CC[N+](CC)(Cc2ccccc2)CC1. The summed E-state index contributed by atoms with van der Waals surface area (Å²) in [6, 6.07) is 10.6. The van der Waals surface area contributed by atoms with Gasteiger partial charge in [-0.15, -0.1) is 0 Å². The zero-order chi connectivity index (χ0) is 14.4. The molecule has 1 fully saturated rings. The third-order valence-corrected chi connectivity index (χ3v) is 4.25. The van der Waals surface area contributed by atoms with Crippen molar-refractivity contribution >= 4 is 6.09 Å². The molecule has 0 unspecified atom stereocenters. The van der Waals surface area contributed by atoms with Crippen molar-refractivity contribution < 1.29 is 14.0 Å². The monoisotopic (exact) mass is 277 g/mol. The number of carbonyl (C=O) groups is 1. The van der Waals surface area contributed by atoms with Crippen LogP contribution >= 0.6 is 0 Å². The number of ether oxygens (including phenoxy) is 1. The lowest BCUT2D eigenvalue weighted by Crippen LogP contribution is -2.59. The van der Waals surface area contributed by atoms with Crippen LogP contribution in [0.25, 0.3) is 0 Å². The molecule has 1 amide bonds. The van der Waals surface area contributed by atoms with Crippen LogP contribution in [0.3, 0.4) is 0 Å². The maximum Gasteiger partial charge on any atom is 0.410 e. The average molecular weight is 277 g/mol. The highest BCUT2D eigenvalue weighted by Gasteiger charge is 2.33. The molecule has 0 bridgehead atoms. The molecule has 0 aromatic heterocycles. The smallest absolute Gasteiger partial charge is 0.410 e. The summed E-state index contributed by atoms with van der Waals surface area (Å²) < 4.78 is 6.14. The number of rotatable bonds is 4. The topological polar surface area (TPSA) is 29.5 Å². The molecule has 0 atom stereocenters. The van der Waals surface area contributed by atoms with Gasteiger partial charge in [-0.3, -0.25) is 4.90 Å². The molecule has 1 heterocycles. The number of hydrogen-bond donors (Lipinski definition) is 0. The number of benzene rings is 1. The Bertz CT molecular complexity index is 425. The Morgan fingerprint density at radius 2 is 1.85 bits per heavy atom.